The first-order valence-electron chi connectivity index (χ1n) is 7.57. The average molecular weight is 302 g/mol. The fourth-order valence-corrected chi connectivity index (χ4v) is 3.14. The van der Waals surface area contributed by atoms with E-state index in [0.29, 0.717) is 5.92 Å². The highest BCUT2D eigenvalue weighted by Gasteiger charge is 2.22. The Balaban J connectivity index is 1.61. The van der Waals surface area contributed by atoms with E-state index < -0.39 is 0 Å². The lowest BCUT2D eigenvalue weighted by Gasteiger charge is -2.17. The second-order valence-corrected chi connectivity index (χ2v) is 6.50. The summed E-state index contributed by atoms with van der Waals surface area (Å²) < 4.78 is 5.23. The van der Waals surface area contributed by atoms with Crippen LogP contribution in [-0.4, -0.2) is 24.7 Å². The molecule has 0 aliphatic heterocycles. The van der Waals surface area contributed by atoms with Crippen molar-refractivity contribution in [2.45, 2.75) is 31.7 Å². The fourth-order valence-electron chi connectivity index (χ4n) is 2.57. The molecule has 1 fully saturated rings. The molecule has 21 heavy (non-hydrogen) atoms. The van der Waals surface area contributed by atoms with Gasteiger partial charge in [0.15, 0.2) is 0 Å². The van der Waals surface area contributed by atoms with E-state index >= 15 is 0 Å². The number of aromatic nitrogens is 1. The molecule has 2 aromatic rings. The van der Waals surface area contributed by atoms with Crippen LogP contribution < -0.4 is 10.1 Å². The molecule has 3 rings (SSSR count). The molecule has 3 nitrogen and oxygen atoms in total. The highest BCUT2D eigenvalue weighted by atomic mass is 32.1. The van der Waals surface area contributed by atoms with Crippen molar-refractivity contribution in [3.8, 4) is 5.75 Å². The molecule has 1 unspecified atom stereocenters. The molecule has 1 aliphatic rings. The van der Waals surface area contributed by atoms with Gasteiger partial charge in [-0.2, -0.15) is 0 Å². The summed E-state index contributed by atoms with van der Waals surface area (Å²) in [7, 11) is 1.71. The molecular weight excluding hydrogens is 280 g/mol. The zero-order valence-corrected chi connectivity index (χ0v) is 13.2. The van der Waals surface area contributed by atoms with Crippen LogP contribution in [0.3, 0.4) is 0 Å². The number of ether oxygens (including phenoxy) is 1. The quantitative estimate of drug-likeness (QED) is 0.812. The smallest absolute Gasteiger partial charge is 0.118 e. The van der Waals surface area contributed by atoms with Gasteiger partial charge in [-0.3, -0.25) is 0 Å². The van der Waals surface area contributed by atoms with Crippen molar-refractivity contribution in [3.63, 3.8) is 0 Å². The standard InChI is InChI=1S/C17H22N2OS/c1-20-17-6-2-13(3-7-17)8-14(10-18-15-4-5-15)9-16-11-21-12-19-16/h2-3,6-7,11-12,14-15,18H,4-5,8-10H2,1H3. The highest BCUT2D eigenvalue weighted by molar-refractivity contribution is 7.07. The van der Waals surface area contributed by atoms with E-state index in [1.165, 1.54) is 24.1 Å². The van der Waals surface area contributed by atoms with Gasteiger partial charge < -0.3 is 10.1 Å². The molecule has 1 N–H and O–H groups in total. The summed E-state index contributed by atoms with van der Waals surface area (Å²) in [4.78, 5) is 4.44. The number of methoxy groups -OCH3 is 1. The van der Waals surface area contributed by atoms with Gasteiger partial charge in [0.2, 0.25) is 0 Å². The van der Waals surface area contributed by atoms with Crippen molar-refractivity contribution in [1.29, 1.82) is 0 Å². The molecule has 1 atom stereocenters. The minimum atomic E-state index is 0.598. The minimum Gasteiger partial charge on any atom is -0.497 e. The lowest BCUT2D eigenvalue weighted by Crippen LogP contribution is -2.27. The van der Waals surface area contributed by atoms with Crippen LogP contribution in [0.15, 0.2) is 35.2 Å². The normalized spacial score (nSPS) is 15.9. The summed E-state index contributed by atoms with van der Waals surface area (Å²) in [5.74, 6) is 1.52. The third-order valence-electron chi connectivity index (χ3n) is 3.94. The maximum Gasteiger partial charge on any atom is 0.118 e. The Kier molecular flexibility index (Phi) is 4.88. The summed E-state index contributed by atoms with van der Waals surface area (Å²) in [6.45, 7) is 1.08. The first kappa shape index (κ1) is 14.5. The molecular formula is C17H22N2OS. The number of nitrogens with one attached hydrogen (secondary N) is 1. The van der Waals surface area contributed by atoms with Crippen LogP contribution in [0.5, 0.6) is 5.75 Å². The Morgan fingerprint density at radius 2 is 2.10 bits per heavy atom. The van der Waals surface area contributed by atoms with E-state index in [0.717, 1.165) is 31.2 Å². The first-order valence-corrected chi connectivity index (χ1v) is 8.51. The molecule has 1 aliphatic carbocycles. The van der Waals surface area contributed by atoms with Gasteiger partial charge in [-0.05, 0) is 55.8 Å². The van der Waals surface area contributed by atoms with Gasteiger partial charge in [0, 0.05) is 11.4 Å². The van der Waals surface area contributed by atoms with E-state index in [1.54, 1.807) is 18.4 Å². The van der Waals surface area contributed by atoms with Crippen LogP contribution >= 0.6 is 11.3 Å². The topological polar surface area (TPSA) is 34.1 Å². The van der Waals surface area contributed by atoms with Crippen LogP contribution in [0.1, 0.15) is 24.1 Å². The second-order valence-electron chi connectivity index (χ2n) is 5.78. The van der Waals surface area contributed by atoms with Crippen molar-refractivity contribution in [2.24, 2.45) is 5.92 Å². The summed E-state index contributed by atoms with van der Waals surface area (Å²) in [6.07, 6.45) is 4.81. The number of hydrogen-bond donors (Lipinski definition) is 1. The monoisotopic (exact) mass is 302 g/mol. The van der Waals surface area contributed by atoms with Crippen molar-refractivity contribution in [2.75, 3.05) is 13.7 Å². The van der Waals surface area contributed by atoms with Crippen LogP contribution in [0.4, 0.5) is 0 Å². The summed E-state index contributed by atoms with van der Waals surface area (Å²) in [6, 6.07) is 9.19. The maximum absolute atomic E-state index is 5.23. The lowest BCUT2D eigenvalue weighted by atomic mass is 9.95. The van der Waals surface area contributed by atoms with Gasteiger partial charge in [0.1, 0.15) is 5.75 Å². The molecule has 1 aromatic carbocycles. The Hall–Kier alpha value is -1.39. The molecule has 1 saturated carbocycles. The van der Waals surface area contributed by atoms with Gasteiger partial charge in [-0.1, -0.05) is 12.1 Å². The molecule has 0 saturated heterocycles. The third kappa shape index (κ3) is 4.55. The van der Waals surface area contributed by atoms with Gasteiger partial charge in [0.25, 0.3) is 0 Å². The largest absolute Gasteiger partial charge is 0.497 e. The summed E-state index contributed by atoms with van der Waals surface area (Å²) in [5, 5.41) is 5.83. The minimum absolute atomic E-state index is 0.598. The van der Waals surface area contributed by atoms with Crippen LogP contribution in [0.25, 0.3) is 0 Å². The van der Waals surface area contributed by atoms with Crippen molar-refractivity contribution < 1.29 is 4.74 Å². The molecule has 1 heterocycles. The van der Waals surface area contributed by atoms with Gasteiger partial charge in [0.05, 0.1) is 18.3 Å². The molecule has 0 bridgehead atoms. The Morgan fingerprint density at radius 3 is 2.71 bits per heavy atom. The SMILES string of the molecule is COc1ccc(CC(CNC2CC2)Cc2cscn2)cc1. The van der Waals surface area contributed by atoms with E-state index in [4.69, 9.17) is 4.74 Å². The number of thiazole rings is 1. The zero-order valence-electron chi connectivity index (χ0n) is 12.4. The summed E-state index contributed by atoms with van der Waals surface area (Å²) >= 11 is 1.68. The summed E-state index contributed by atoms with van der Waals surface area (Å²) in [5.41, 5.74) is 4.51. The van der Waals surface area contributed by atoms with Gasteiger partial charge in [-0.25, -0.2) is 4.98 Å². The third-order valence-corrected chi connectivity index (χ3v) is 4.57. The maximum atomic E-state index is 5.23. The zero-order chi connectivity index (χ0) is 14.5. The highest BCUT2D eigenvalue weighted by Crippen LogP contribution is 2.21. The molecule has 4 heteroatoms. The molecule has 0 radical (unpaired) electrons. The number of rotatable bonds is 8. The lowest BCUT2D eigenvalue weighted by molar-refractivity contribution is 0.414. The predicted octanol–water partition coefficient (Wildman–Crippen LogP) is 3.31. The molecule has 0 amide bonds. The Bertz CT molecular complexity index is 534. The van der Waals surface area contributed by atoms with Gasteiger partial charge >= 0.3 is 0 Å². The van der Waals surface area contributed by atoms with E-state index in [-0.39, 0.29) is 0 Å². The van der Waals surface area contributed by atoms with Crippen molar-refractivity contribution in [1.82, 2.24) is 10.3 Å². The predicted molar refractivity (Wildman–Crippen MR) is 87.0 cm³/mol. The number of benzene rings is 1. The van der Waals surface area contributed by atoms with Crippen LogP contribution in [0, 0.1) is 5.92 Å². The molecule has 112 valence electrons. The van der Waals surface area contributed by atoms with Crippen LogP contribution in [-0.2, 0) is 12.8 Å². The van der Waals surface area contributed by atoms with E-state index in [1.807, 2.05) is 17.6 Å². The number of nitrogens with zero attached hydrogens (tertiary/aromatic N) is 1. The Labute approximate surface area is 130 Å². The van der Waals surface area contributed by atoms with E-state index in [9.17, 15) is 0 Å². The molecule has 1 aromatic heterocycles. The number of hydrogen-bond acceptors (Lipinski definition) is 4. The Morgan fingerprint density at radius 1 is 1.29 bits per heavy atom. The second kappa shape index (κ2) is 7.05. The fraction of sp³-hybridized carbons (Fsp3) is 0.471. The van der Waals surface area contributed by atoms with E-state index in [2.05, 4.69) is 27.8 Å². The first-order chi connectivity index (χ1) is 10.3. The average Bonchev–Trinajstić information content (AvgIpc) is 3.21. The van der Waals surface area contributed by atoms with Crippen molar-refractivity contribution in [3.05, 3.63) is 46.4 Å². The van der Waals surface area contributed by atoms with Crippen molar-refractivity contribution >= 4 is 11.3 Å². The van der Waals surface area contributed by atoms with Crippen LogP contribution in [0.2, 0.25) is 0 Å². The van der Waals surface area contributed by atoms with Gasteiger partial charge in [-0.15, -0.1) is 11.3 Å². The molecule has 0 spiro atoms.